The van der Waals surface area contributed by atoms with Crippen molar-refractivity contribution in [1.29, 1.82) is 0 Å². The number of nitrogens with zero attached hydrogens (tertiary/aromatic N) is 1. The molecule has 3 aromatic carbocycles. The molecule has 3 aromatic rings. The highest BCUT2D eigenvalue weighted by Gasteiger charge is 2.24. The highest BCUT2D eigenvalue weighted by atomic mass is 16.6. The Morgan fingerprint density at radius 2 is 1.61 bits per heavy atom. The van der Waals surface area contributed by atoms with Crippen LogP contribution in [0.25, 0.3) is 11.1 Å². The number of carbonyl (C=O) groups is 2. The van der Waals surface area contributed by atoms with Gasteiger partial charge in [-0.25, -0.2) is 9.59 Å². The van der Waals surface area contributed by atoms with E-state index in [-0.39, 0.29) is 6.54 Å². The zero-order chi connectivity index (χ0) is 29.8. The molecule has 3 rings (SSSR count). The average molecular weight is 564 g/mol. The minimum absolute atomic E-state index is 0.121. The minimum Gasteiger partial charge on any atom is -0.490 e. The van der Waals surface area contributed by atoms with Gasteiger partial charge in [-0.2, -0.15) is 0 Å². The Kier molecular flexibility index (Phi) is 11.7. The molecule has 0 aliphatic rings. The van der Waals surface area contributed by atoms with Crippen LogP contribution >= 0.6 is 0 Å². The highest BCUT2D eigenvalue weighted by Crippen LogP contribution is 2.29. The lowest BCUT2D eigenvalue weighted by Gasteiger charge is -2.29. The van der Waals surface area contributed by atoms with E-state index in [9.17, 15) is 14.7 Å². The maximum absolute atomic E-state index is 13.0. The lowest BCUT2D eigenvalue weighted by atomic mass is 10.0. The number of hydrogen-bond donors (Lipinski definition) is 1. The van der Waals surface area contributed by atoms with Crippen LogP contribution in [0, 0.1) is 0 Å². The smallest absolute Gasteiger partial charge is 0.410 e. The predicted molar refractivity (Wildman–Crippen MR) is 158 cm³/mol. The number of benzene rings is 3. The molecule has 220 valence electrons. The van der Waals surface area contributed by atoms with E-state index in [0.717, 1.165) is 22.3 Å². The zero-order valence-corrected chi connectivity index (χ0v) is 24.6. The Bertz CT molecular complexity index is 1250. The second-order valence-corrected chi connectivity index (χ2v) is 10.5. The van der Waals surface area contributed by atoms with Crippen molar-refractivity contribution in [1.82, 2.24) is 4.90 Å². The molecule has 0 aromatic heterocycles. The molecule has 0 unspecified atom stereocenters. The summed E-state index contributed by atoms with van der Waals surface area (Å²) in [5.41, 5.74) is 3.30. The summed E-state index contributed by atoms with van der Waals surface area (Å²) in [5, 5.41) is 10.8. The lowest BCUT2D eigenvalue weighted by molar-refractivity contribution is 0.0147. The first-order valence-corrected chi connectivity index (χ1v) is 13.8. The molecule has 1 N–H and O–H groups in total. The van der Waals surface area contributed by atoms with E-state index in [1.807, 2.05) is 94.4 Å². The minimum atomic E-state index is -0.830. The Morgan fingerprint density at radius 1 is 0.927 bits per heavy atom. The van der Waals surface area contributed by atoms with Gasteiger partial charge in [0, 0.05) is 13.2 Å². The van der Waals surface area contributed by atoms with E-state index in [4.69, 9.17) is 18.9 Å². The maximum atomic E-state index is 13.0. The van der Waals surface area contributed by atoms with Gasteiger partial charge in [0.05, 0.1) is 26.4 Å². The Balaban J connectivity index is 1.72. The van der Waals surface area contributed by atoms with Gasteiger partial charge in [0.2, 0.25) is 0 Å². The van der Waals surface area contributed by atoms with Crippen LogP contribution in [0.15, 0.2) is 72.8 Å². The topological polar surface area (TPSA) is 94.5 Å². The van der Waals surface area contributed by atoms with Crippen molar-refractivity contribution in [2.75, 3.05) is 40.0 Å². The van der Waals surface area contributed by atoms with Crippen LogP contribution in [-0.4, -0.2) is 67.7 Å². The summed E-state index contributed by atoms with van der Waals surface area (Å²) in [6.07, 6.45) is -0.718. The number of aliphatic hydroxyl groups is 1. The average Bonchev–Trinajstić information content (AvgIpc) is 2.96. The van der Waals surface area contributed by atoms with Gasteiger partial charge in [-0.15, -0.1) is 0 Å². The third-order valence-electron chi connectivity index (χ3n) is 6.26. The van der Waals surface area contributed by atoms with Crippen molar-refractivity contribution in [3.8, 4) is 16.9 Å². The third kappa shape index (κ3) is 9.92. The largest absolute Gasteiger partial charge is 0.490 e. The monoisotopic (exact) mass is 563 g/mol. The first kappa shape index (κ1) is 31.6. The summed E-state index contributed by atoms with van der Waals surface area (Å²) in [4.78, 5) is 26.7. The molecule has 0 radical (unpaired) electrons. The summed E-state index contributed by atoms with van der Waals surface area (Å²) in [6.45, 7) is 9.19. The van der Waals surface area contributed by atoms with E-state index in [0.29, 0.717) is 44.1 Å². The highest BCUT2D eigenvalue weighted by molar-refractivity contribution is 5.93. The summed E-state index contributed by atoms with van der Waals surface area (Å²) in [6, 6.07) is 22.6. The third-order valence-corrected chi connectivity index (χ3v) is 6.26. The summed E-state index contributed by atoms with van der Waals surface area (Å²) < 4.78 is 21.7. The van der Waals surface area contributed by atoms with Gasteiger partial charge in [0.25, 0.3) is 0 Å². The summed E-state index contributed by atoms with van der Waals surface area (Å²) in [5.74, 6) is -0.0339. The molecule has 8 heteroatoms. The van der Waals surface area contributed by atoms with Crippen LogP contribution in [-0.2, 0) is 20.6 Å². The maximum Gasteiger partial charge on any atom is 0.410 e. The quantitative estimate of drug-likeness (QED) is 0.199. The zero-order valence-electron chi connectivity index (χ0n) is 24.6. The second-order valence-electron chi connectivity index (χ2n) is 10.5. The molecule has 0 heterocycles. The number of amides is 1. The molecule has 0 fully saturated rings. The molecule has 41 heavy (non-hydrogen) atoms. The van der Waals surface area contributed by atoms with Crippen molar-refractivity contribution in [3.63, 3.8) is 0 Å². The molecule has 0 saturated carbocycles. The number of methoxy groups -OCH3 is 1. The predicted octanol–water partition coefficient (Wildman–Crippen LogP) is 6.07. The van der Waals surface area contributed by atoms with Crippen LogP contribution < -0.4 is 4.74 Å². The van der Waals surface area contributed by atoms with Crippen molar-refractivity contribution in [2.45, 2.75) is 45.8 Å². The summed E-state index contributed by atoms with van der Waals surface area (Å²) >= 11 is 0. The van der Waals surface area contributed by atoms with Gasteiger partial charge in [-0.05, 0) is 68.5 Å². The van der Waals surface area contributed by atoms with Crippen molar-refractivity contribution in [3.05, 3.63) is 89.5 Å². The second kappa shape index (κ2) is 15.2. The van der Waals surface area contributed by atoms with Crippen LogP contribution in [0.5, 0.6) is 5.75 Å². The molecule has 0 saturated heterocycles. The van der Waals surface area contributed by atoms with Gasteiger partial charge in [0.1, 0.15) is 23.5 Å². The van der Waals surface area contributed by atoms with Gasteiger partial charge < -0.3 is 29.0 Å². The van der Waals surface area contributed by atoms with E-state index in [1.165, 1.54) is 7.11 Å². The normalized spacial score (nSPS) is 12.0. The summed E-state index contributed by atoms with van der Waals surface area (Å²) in [7, 11) is 1.34. The standard InChI is InChI=1S/C33H41NO7/c1-6-39-20-21-40-30-22-27(16-17-28(30)31(36)38-5)25-14-12-24(13-15-25)18-19-34(32(37)41-33(2,3)4)23-29(35)26-10-8-7-9-11-26/h7-17,22,29,35H,6,18-21,23H2,1-5H3/t29-/m0/s1. The number of esters is 1. The molecule has 1 atom stereocenters. The first-order chi connectivity index (χ1) is 19.6. The number of ether oxygens (including phenoxy) is 4. The molecule has 0 spiro atoms. The molecular weight excluding hydrogens is 522 g/mol. The first-order valence-electron chi connectivity index (χ1n) is 13.8. The SMILES string of the molecule is CCOCCOc1cc(-c2ccc(CCN(C[C@H](O)c3ccccc3)C(=O)OC(C)(C)C)cc2)ccc1C(=O)OC. The fourth-order valence-corrected chi connectivity index (χ4v) is 4.16. The lowest BCUT2D eigenvalue weighted by Crippen LogP contribution is -2.40. The van der Waals surface area contributed by atoms with Gasteiger partial charge >= 0.3 is 12.1 Å². The number of hydrogen-bond acceptors (Lipinski definition) is 7. The molecule has 0 bridgehead atoms. The molecule has 8 nitrogen and oxygen atoms in total. The van der Waals surface area contributed by atoms with Crippen LogP contribution in [0.1, 0.15) is 55.3 Å². The van der Waals surface area contributed by atoms with E-state index < -0.39 is 23.8 Å². The van der Waals surface area contributed by atoms with Gasteiger partial charge in [-0.1, -0.05) is 60.7 Å². The number of carbonyl (C=O) groups excluding carboxylic acids is 2. The van der Waals surface area contributed by atoms with Gasteiger partial charge in [0.15, 0.2) is 0 Å². The number of rotatable bonds is 13. The molecule has 0 aliphatic carbocycles. The number of aliphatic hydroxyl groups excluding tert-OH is 1. The van der Waals surface area contributed by atoms with Crippen molar-refractivity contribution < 1.29 is 33.6 Å². The molecular formula is C33H41NO7. The van der Waals surface area contributed by atoms with Gasteiger partial charge in [-0.3, -0.25) is 0 Å². The van der Waals surface area contributed by atoms with E-state index in [2.05, 4.69) is 0 Å². The Hall–Kier alpha value is -3.88. The molecule has 1 amide bonds. The Labute approximate surface area is 242 Å². The van der Waals surface area contributed by atoms with Crippen molar-refractivity contribution in [2.24, 2.45) is 0 Å². The van der Waals surface area contributed by atoms with Crippen LogP contribution in [0.2, 0.25) is 0 Å². The van der Waals surface area contributed by atoms with Crippen molar-refractivity contribution >= 4 is 12.1 Å². The Morgan fingerprint density at radius 3 is 2.24 bits per heavy atom. The fraction of sp³-hybridized carbons (Fsp3) is 0.394. The van der Waals surface area contributed by atoms with Crippen LogP contribution in [0.3, 0.4) is 0 Å². The van der Waals surface area contributed by atoms with E-state index >= 15 is 0 Å². The fourth-order valence-electron chi connectivity index (χ4n) is 4.16. The van der Waals surface area contributed by atoms with Crippen LogP contribution in [0.4, 0.5) is 4.79 Å². The van der Waals surface area contributed by atoms with E-state index in [1.54, 1.807) is 11.0 Å². The molecule has 0 aliphatic heterocycles.